The lowest BCUT2D eigenvalue weighted by Gasteiger charge is -2.73. The molecule has 12 heavy (non-hydrogen) atoms. The van der Waals surface area contributed by atoms with E-state index < -0.39 is 0 Å². The summed E-state index contributed by atoms with van der Waals surface area (Å²) in [5.74, 6) is 3.44. The number of hydrogen-bond acceptors (Lipinski definition) is 1. The zero-order valence-electron chi connectivity index (χ0n) is 7.59. The zero-order valence-corrected chi connectivity index (χ0v) is 7.59. The average Bonchev–Trinajstić information content (AvgIpc) is 2.46. The van der Waals surface area contributed by atoms with Crippen LogP contribution in [-0.4, -0.2) is 10.7 Å². The Labute approximate surface area is 73.2 Å². The molecule has 1 heteroatoms. The quantitative estimate of drug-likeness (QED) is 0.579. The lowest BCUT2D eigenvalue weighted by atomic mass is 9.32. The smallest absolute Gasteiger partial charge is 0.0687 e. The van der Waals surface area contributed by atoms with Crippen molar-refractivity contribution in [2.24, 2.45) is 29.1 Å². The molecule has 1 spiro atoms. The van der Waals surface area contributed by atoms with Crippen molar-refractivity contribution in [1.29, 1.82) is 0 Å². The fraction of sp³-hybridized carbons (Fsp3) is 1.00. The van der Waals surface area contributed by atoms with Crippen LogP contribution in [0.5, 0.6) is 0 Å². The Balaban J connectivity index is 1.86. The Hall–Kier alpha value is -0.0400. The fourth-order valence-corrected chi connectivity index (χ4v) is 5.57. The maximum atomic E-state index is 10.2. The topological polar surface area (TPSA) is 20.2 Å². The molecule has 6 unspecified atom stereocenters. The number of fused-ring (bicyclic) bond motifs is 1. The minimum absolute atomic E-state index is 0.258. The van der Waals surface area contributed by atoms with E-state index >= 15 is 0 Å². The molecule has 0 aliphatic heterocycles. The fourth-order valence-electron chi connectivity index (χ4n) is 5.57. The molecule has 4 saturated carbocycles. The Morgan fingerprint density at radius 1 is 1.17 bits per heavy atom. The van der Waals surface area contributed by atoms with Gasteiger partial charge >= 0.3 is 0 Å². The van der Waals surface area contributed by atoms with E-state index in [0.29, 0.717) is 17.3 Å². The van der Waals surface area contributed by atoms with Gasteiger partial charge in [-0.25, -0.2) is 0 Å². The second kappa shape index (κ2) is 1.39. The molecule has 2 bridgehead atoms. The van der Waals surface area contributed by atoms with Gasteiger partial charge < -0.3 is 5.11 Å². The average molecular weight is 164 g/mol. The molecule has 66 valence electrons. The van der Waals surface area contributed by atoms with E-state index in [-0.39, 0.29) is 5.60 Å². The van der Waals surface area contributed by atoms with Crippen LogP contribution >= 0.6 is 0 Å². The Morgan fingerprint density at radius 3 is 2.58 bits per heavy atom. The molecule has 0 aromatic carbocycles. The first-order valence-electron chi connectivity index (χ1n) is 5.38. The van der Waals surface area contributed by atoms with Crippen LogP contribution in [0.2, 0.25) is 0 Å². The van der Waals surface area contributed by atoms with Gasteiger partial charge in [-0.05, 0) is 61.7 Å². The van der Waals surface area contributed by atoms with Gasteiger partial charge in [0.1, 0.15) is 0 Å². The highest BCUT2D eigenvalue weighted by Gasteiger charge is 2.81. The third-order valence-corrected chi connectivity index (χ3v) is 5.82. The third-order valence-electron chi connectivity index (χ3n) is 5.82. The summed E-state index contributed by atoms with van der Waals surface area (Å²) in [5, 5.41) is 10.2. The summed E-state index contributed by atoms with van der Waals surface area (Å²) in [6.45, 7) is 2.09. The van der Waals surface area contributed by atoms with Crippen molar-refractivity contribution in [3.63, 3.8) is 0 Å². The molecule has 0 aromatic heterocycles. The molecule has 0 heterocycles. The minimum Gasteiger partial charge on any atom is -0.390 e. The molecule has 0 saturated heterocycles. The molecule has 1 nitrogen and oxygen atoms in total. The molecule has 4 aliphatic rings. The molecule has 1 N–H and O–H groups in total. The molecule has 0 radical (unpaired) electrons. The van der Waals surface area contributed by atoms with Crippen molar-refractivity contribution >= 4 is 0 Å². The van der Waals surface area contributed by atoms with Gasteiger partial charge in [0.25, 0.3) is 0 Å². The monoisotopic (exact) mass is 164 g/mol. The largest absolute Gasteiger partial charge is 0.390 e. The van der Waals surface area contributed by atoms with Crippen LogP contribution in [0.1, 0.15) is 32.6 Å². The predicted octanol–water partition coefficient (Wildman–Crippen LogP) is 1.80. The molecule has 0 aromatic rings. The maximum Gasteiger partial charge on any atom is 0.0687 e. The molecular weight excluding hydrogens is 148 g/mol. The van der Waals surface area contributed by atoms with Gasteiger partial charge in [-0.2, -0.15) is 0 Å². The van der Waals surface area contributed by atoms with Crippen LogP contribution in [0, 0.1) is 29.1 Å². The summed E-state index contributed by atoms with van der Waals surface area (Å²) in [4.78, 5) is 0. The van der Waals surface area contributed by atoms with Crippen LogP contribution < -0.4 is 0 Å². The van der Waals surface area contributed by atoms with Crippen LogP contribution in [0.25, 0.3) is 0 Å². The lowest BCUT2D eigenvalue weighted by molar-refractivity contribution is -0.314. The summed E-state index contributed by atoms with van der Waals surface area (Å²) in [7, 11) is 0. The van der Waals surface area contributed by atoms with Gasteiger partial charge in [-0.1, -0.05) is 0 Å². The molecule has 0 amide bonds. The third kappa shape index (κ3) is 0.363. The number of hydrogen-bond donors (Lipinski definition) is 1. The summed E-state index contributed by atoms with van der Waals surface area (Å²) in [5.41, 5.74) is 0.430. The van der Waals surface area contributed by atoms with Gasteiger partial charge in [0, 0.05) is 0 Å². The molecular formula is C11H16O. The van der Waals surface area contributed by atoms with Crippen molar-refractivity contribution in [2.45, 2.75) is 38.2 Å². The van der Waals surface area contributed by atoms with Crippen LogP contribution in [0.3, 0.4) is 0 Å². The van der Waals surface area contributed by atoms with E-state index in [1.54, 1.807) is 0 Å². The van der Waals surface area contributed by atoms with Gasteiger partial charge in [0.15, 0.2) is 0 Å². The normalized spacial score (nSPS) is 76.5. The van der Waals surface area contributed by atoms with E-state index in [1.807, 2.05) is 0 Å². The first kappa shape index (κ1) is 6.42. The molecule has 4 aliphatic carbocycles. The van der Waals surface area contributed by atoms with Gasteiger partial charge in [0.2, 0.25) is 0 Å². The summed E-state index contributed by atoms with van der Waals surface area (Å²) < 4.78 is 0. The van der Waals surface area contributed by atoms with E-state index in [1.165, 1.54) is 25.7 Å². The van der Waals surface area contributed by atoms with E-state index in [4.69, 9.17) is 0 Å². The summed E-state index contributed by atoms with van der Waals surface area (Å²) in [6.07, 6.45) is 5.67. The molecule has 6 atom stereocenters. The van der Waals surface area contributed by atoms with Crippen molar-refractivity contribution in [3.8, 4) is 0 Å². The van der Waals surface area contributed by atoms with E-state index in [2.05, 4.69) is 6.92 Å². The molecule has 4 fully saturated rings. The van der Waals surface area contributed by atoms with Crippen molar-refractivity contribution in [1.82, 2.24) is 0 Å². The SMILES string of the molecule is CC1(O)C2CC3CC4CC1C42C3. The first-order valence-corrected chi connectivity index (χ1v) is 5.38. The summed E-state index contributed by atoms with van der Waals surface area (Å²) in [6, 6.07) is 0. The highest BCUT2D eigenvalue weighted by molar-refractivity contribution is 5.30. The number of rotatable bonds is 0. The van der Waals surface area contributed by atoms with Crippen LogP contribution in [-0.2, 0) is 0 Å². The van der Waals surface area contributed by atoms with Crippen molar-refractivity contribution in [3.05, 3.63) is 0 Å². The second-order valence-electron chi connectivity index (χ2n) is 5.92. The Kier molecular flexibility index (Phi) is 0.744. The lowest BCUT2D eigenvalue weighted by Crippen LogP contribution is -2.74. The summed E-state index contributed by atoms with van der Waals surface area (Å²) >= 11 is 0. The maximum absolute atomic E-state index is 10.2. The number of aliphatic hydroxyl groups is 1. The van der Waals surface area contributed by atoms with E-state index in [9.17, 15) is 5.11 Å². The van der Waals surface area contributed by atoms with Crippen molar-refractivity contribution < 1.29 is 5.11 Å². The van der Waals surface area contributed by atoms with E-state index in [0.717, 1.165) is 11.8 Å². The highest BCUT2D eigenvalue weighted by atomic mass is 16.3. The van der Waals surface area contributed by atoms with Crippen molar-refractivity contribution in [2.75, 3.05) is 0 Å². The van der Waals surface area contributed by atoms with Crippen LogP contribution in [0.4, 0.5) is 0 Å². The standard InChI is InChI=1S/C11H16O/c1-10(12)8-3-6-2-7-4-9(10)11(7,8)5-6/h6-9,12H,2-5H2,1H3. The van der Waals surface area contributed by atoms with Crippen LogP contribution in [0.15, 0.2) is 0 Å². The van der Waals surface area contributed by atoms with Gasteiger partial charge in [-0.15, -0.1) is 0 Å². The minimum atomic E-state index is -0.258. The second-order valence-corrected chi connectivity index (χ2v) is 5.92. The zero-order chi connectivity index (χ0) is 8.14. The predicted molar refractivity (Wildman–Crippen MR) is 45.5 cm³/mol. The molecule has 4 rings (SSSR count). The first-order chi connectivity index (χ1) is 5.65. The highest BCUT2D eigenvalue weighted by Crippen LogP contribution is 2.84. The van der Waals surface area contributed by atoms with Gasteiger partial charge in [-0.3, -0.25) is 0 Å². The Bertz CT molecular complexity index is 270. The Morgan fingerprint density at radius 2 is 1.92 bits per heavy atom. The van der Waals surface area contributed by atoms with Gasteiger partial charge in [0.05, 0.1) is 5.60 Å².